The Labute approximate surface area is 127 Å². The van der Waals surface area contributed by atoms with E-state index in [9.17, 15) is 14.4 Å². The molecular weight excluding hydrogens is 290 g/mol. The highest BCUT2D eigenvalue weighted by Gasteiger charge is 2.17. The van der Waals surface area contributed by atoms with E-state index in [4.69, 9.17) is 0 Å². The summed E-state index contributed by atoms with van der Waals surface area (Å²) in [4.78, 5) is 37.4. The first kappa shape index (κ1) is 15.5. The fourth-order valence-electron chi connectivity index (χ4n) is 2.15. The first-order valence-electron chi connectivity index (χ1n) is 7.03. The zero-order chi connectivity index (χ0) is 15.1. The van der Waals surface area contributed by atoms with Crippen LogP contribution in [0.5, 0.6) is 0 Å². The van der Waals surface area contributed by atoms with E-state index in [1.807, 2.05) is 0 Å². The Morgan fingerprint density at radius 1 is 1.10 bits per heavy atom. The van der Waals surface area contributed by atoms with Crippen LogP contribution in [0.15, 0.2) is 17.5 Å². The molecule has 0 saturated carbocycles. The molecule has 0 bridgehead atoms. The molecule has 1 aliphatic heterocycles. The number of rotatable bonds is 5. The second-order valence-corrected chi connectivity index (χ2v) is 5.83. The summed E-state index contributed by atoms with van der Waals surface area (Å²) < 4.78 is 0. The molecule has 0 spiro atoms. The van der Waals surface area contributed by atoms with Gasteiger partial charge in [-0.2, -0.15) is 0 Å². The molecule has 0 aromatic carbocycles. The highest BCUT2D eigenvalue weighted by molar-refractivity contribution is 7.12. The number of nitrogens with one attached hydrogen (secondary N) is 2. The summed E-state index contributed by atoms with van der Waals surface area (Å²) in [6.45, 7) is 1.41. The van der Waals surface area contributed by atoms with Gasteiger partial charge in [0.15, 0.2) is 0 Å². The Balaban J connectivity index is 1.65. The Bertz CT molecular complexity index is 496. The van der Waals surface area contributed by atoms with Crippen molar-refractivity contribution in [3.8, 4) is 0 Å². The van der Waals surface area contributed by atoms with Crippen molar-refractivity contribution >= 4 is 29.1 Å². The first-order chi connectivity index (χ1) is 10.2. The Kier molecular flexibility index (Phi) is 5.74. The number of piperidine rings is 1. The normalized spacial score (nSPS) is 14.6. The molecule has 1 saturated heterocycles. The van der Waals surface area contributed by atoms with E-state index in [0.29, 0.717) is 4.88 Å². The number of carbonyl (C=O) groups excluding carboxylic acids is 3. The SMILES string of the molecule is O=C(CNC(=O)c1cccs1)NCC(=O)N1CCCCC1. The first-order valence-corrected chi connectivity index (χ1v) is 7.91. The number of amides is 3. The summed E-state index contributed by atoms with van der Waals surface area (Å²) in [7, 11) is 0. The molecule has 1 aromatic heterocycles. The van der Waals surface area contributed by atoms with Crippen molar-refractivity contribution in [2.24, 2.45) is 0 Å². The Hall–Kier alpha value is -1.89. The minimum atomic E-state index is -0.356. The molecule has 0 atom stereocenters. The van der Waals surface area contributed by atoms with Gasteiger partial charge in [-0.25, -0.2) is 0 Å². The number of likely N-dealkylation sites (tertiary alicyclic amines) is 1. The van der Waals surface area contributed by atoms with Crippen molar-refractivity contribution in [3.05, 3.63) is 22.4 Å². The third-order valence-corrected chi connectivity index (χ3v) is 4.17. The zero-order valence-electron chi connectivity index (χ0n) is 11.8. The van der Waals surface area contributed by atoms with Crippen LogP contribution in [0.2, 0.25) is 0 Å². The maximum absolute atomic E-state index is 11.9. The van der Waals surface area contributed by atoms with Crippen LogP contribution in [0.4, 0.5) is 0 Å². The fourth-order valence-corrected chi connectivity index (χ4v) is 2.79. The van der Waals surface area contributed by atoms with Gasteiger partial charge in [0.25, 0.3) is 5.91 Å². The predicted molar refractivity (Wildman–Crippen MR) is 80.1 cm³/mol. The Morgan fingerprint density at radius 3 is 2.52 bits per heavy atom. The number of thiophene rings is 1. The van der Waals surface area contributed by atoms with Crippen LogP contribution < -0.4 is 10.6 Å². The number of carbonyl (C=O) groups is 3. The van der Waals surface area contributed by atoms with Gasteiger partial charge in [-0.3, -0.25) is 14.4 Å². The van der Waals surface area contributed by atoms with Crippen molar-refractivity contribution in [3.63, 3.8) is 0 Å². The maximum Gasteiger partial charge on any atom is 0.261 e. The second-order valence-electron chi connectivity index (χ2n) is 4.88. The zero-order valence-corrected chi connectivity index (χ0v) is 12.6. The smallest absolute Gasteiger partial charge is 0.261 e. The summed E-state index contributed by atoms with van der Waals surface area (Å²) >= 11 is 1.32. The van der Waals surface area contributed by atoms with Crippen LogP contribution in [-0.4, -0.2) is 48.8 Å². The molecule has 0 radical (unpaired) electrons. The van der Waals surface area contributed by atoms with Crippen LogP contribution >= 0.6 is 11.3 Å². The van der Waals surface area contributed by atoms with Gasteiger partial charge < -0.3 is 15.5 Å². The van der Waals surface area contributed by atoms with Crippen LogP contribution in [0.1, 0.15) is 28.9 Å². The molecule has 114 valence electrons. The van der Waals surface area contributed by atoms with E-state index in [1.54, 1.807) is 22.4 Å². The lowest BCUT2D eigenvalue weighted by Gasteiger charge is -2.26. The average molecular weight is 309 g/mol. The van der Waals surface area contributed by atoms with Crippen LogP contribution in [0.25, 0.3) is 0 Å². The quantitative estimate of drug-likeness (QED) is 0.836. The molecule has 1 aliphatic rings. The van der Waals surface area contributed by atoms with E-state index in [1.165, 1.54) is 11.3 Å². The van der Waals surface area contributed by atoms with Gasteiger partial charge in [-0.1, -0.05) is 6.07 Å². The molecule has 21 heavy (non-hydrogen) atoms. The maximum atomic E-state index is 11.9. The summed E-state index contributed by atoms with van der Waals surface area (Å²) in [5.41, 5.74) is 0. The predicted octanol–water partition coefficient (Wildman–Crippen LogP) is 0.607. The third-order valence-electron chi connectivity index (χ3n) is 3.30. The average Bonchev–Trinajstić information content (AvgIpc) is 3.05. The lowest BCUT2D eigenvalue weighted by atomic mass is 10.1. The van der Waals surface area contributed by atoms with Gasteiger partial charge in [0, 0.05) is 13.1 Å². The van der Waals surface area contributed by atoms with Crippen LogP contribution in [0, 0.1) is 0 Å². The molecule has 3 amide bonds. The highest BCUT2D eigenvalue weighted by atomic mass is 32.1. The monoisotopic (exact) mass is 309 g/mol. The standard InChI is InChI=1S/C14H19N3O3S/c18-12(9-16-14(20)11-5-4-8-21-11)15-10-13(19)17-6-2-1-3-7-17/h4-5,8H,1-3,6-7,9-10H2,(H,15,18)(H,16,20). The largest absolute Gasteiger partial charge is 0.345 e. The van der Waals surface area contributed by atoms with Crippen LogP contribution in [-0.2, 0) is 9.59 Å². The topological polar surface area (TPSA) is 78.5 Å². The van der Waals surface area contributed by atoms with Crippen molar-refractivity contribution < 1.29 is 14.4 Å². The second kappa shape index (κ2) is 7.78. The molecule has 2 heterocycles. The highest BCUT2D eigenvalue weighted by Crippen LogP contribution is 2.08. The molecular formula is C14H19N3O3S. The van der Waals surface area contributed by atoms with E-state index in [-0.39, 0.29) is 30.8 Å². The van der Waals surface area contributed by atoms with Crippen molar-refractivity contribution in [1.82, 2.24) is 15.5 Å². The Morgan fingerprint density at radius 2 is 1.86 bits per heavy atom. The summed E-state index contributed by atoms with van der Waals surface area (Å²) in [6.07, 6.45) is 3.21. The van der Waals surface area contributed by atoms with E-state index >= 15 is 0 Å². The summed E-state index contributed by atoms with van der Waals surface area (Å²) in [5, 5.41) is 6.86. The summed E-state index contributed by atoms with van der Waals surface area (Å²) in [5.74, 6) is -0.694. The number of hydrogen-bond acceptors (Lipinski definition) is 4. The number of nitrogens with zero attached hydrogens (tertiary/aromatic N) is 1. The molecule has 7 heteroatoms. The molecule has 0 unspecified atom stereocenters. The lowest BCUT2D eigenvalue weighted by Crippen LogP contribution is -2.44. The molecule has 6 nitrogen and oxygen atoms in total. The van der Waals surface area contributed by atoms with E-state index < -0.39 is 0 Å². The minimum Gasteiger partial charge on any atom is -0.345 e. The van der Waals surface area contributed by atoms with Gasteiger partial charge in [0.1, 0.15) is 0 Å². The molecule has 1 fully saturated rings. The van der Waals surface area contributed by atoms with Crippen molar-refractivity contribution in [2.75, 3.05) is 26.2 Å². The van der Waals surface area contributed by atoms with E-state index in [2.05, 4.69) is 10.6 Å². The van der Waals surface area contributed by atoms with Gasteiger partial charge in [0.05, 0.1) is 18.0 Å². The van der Waals surface area contributed by atoms with Crippen molar-refractivity contribution in [1.29, 1.82) is 0 Å². The number of hydrogen-bond donors (Lipinski definition) is 2. The van der Waals surface area contributed by atoms with E-state index in [0.717, 1.165) is 32.4 Å². The minimum absolute atomic E-state index is 0.00624. The lowest BCUT2D eigenvalue weighted by molar-refractivity contribution is -0.133. The van der Waals surface area contributed by atoms with Gasteiger partial charge in [0.2, 0.25) is 11.8 Å². The molecule has 1 aromatic rings. The molecule has 2 N–H and O–H groups in total. The van der Waals surface area contributed by atoms with Gasteiger partial charge in [-0.05, 0) is 30.7 Å². The van der Waals surface area contributed by atoms with Gasteiger partial charge >= 0.3 is 0 Å². The molecule has 2 rings (SSSR count). The van der Waals surface area contributed by atoms with Gasteiger partial charge in [-0.15, -0.1) is 11.3 Å². The third kappa shape index (κ3) is 4.86. The summed E-state index contributed by atoms with van der Waals surface area (Å²) in [6, 6.07) is 3.47. The van der Waals surface area contributed by atoms with Crippen LogP contribution in [0.3, 0.4) is 0 Å². The van der Waals surface area contributed by atoms with Crippen molar-refractivity contribution in [2.45, 2.75) is 19.3 Å². The fraction of sp³-hybridized carbons (Fsp3) is 0.500. The molecule has 0 aliphatic carbocycles.